The van der Waals surface area contributed by atoms with E-state index in [9.17, 15) is 14.4 Å². The maximum Gasteiger partial charge on any atom is 0.349 e. The van der Waals surface area contributed by atoms with Crippen molar-refractivity contribution in [3.8, 4) is 23.4 Å². The highest BCUT2D eigenvalue weighted by atomic mass is 35.5. The molecule has 10 nitrogen and oxygen atoms in total. The van der Waals surface area contributed by atoms with Gasteiger partial charge < -0.3 is 4.74 Å². The molecule has 0 unspecified atom stereocenters. The fourth-order valence-electron chi connectivity index (χ4n) is 3.50. The van der Waals surface area contributed by atoms with Gasteiger partial charge in [0.2, 0.25) is 11.6 Å². The number of aromatic amines is 2. The summed E-state index contributed by atoms with van der Waals surface area (Å²) in [7, 11) is 0. The largest absolute Gasteiger partial charge is 0.436 e. The van der Waals surface area contributed by atoms with Crippen molar-refractivity contribution in [1.29, 1.82) is 5.26 Å². The summed E-state index contributed by atoms with van der Waals surface area (Å²) in [5.41, 5.74) is -1.92. The van der Waals surface area contributed by atoms with Crippen LogP contribution in [-0.2, 0) is 0 Å². The lowest BCUT2D eigenvalue weighted by atomic mass is 10.00. The normalized spacial score (nSPS) is 13.8. The Morgan fingerprint density at radius 2 is 1.84 bits per heavy atom. The van der Waals surface area contributed by atoms with E-state index in [1.165, 1.54) is 12.1 Å². The van der Waals surface area contributed by atoms with Crippen LogP contribution in [0.5, 0.6) is 11.6 Å². The van der Waals surface area contributed by atoms with Crippen LogP contribution in [0.25, 0.3) is 5.69 Å². The Balaban J connectivity index is 1.70. The van der Waals surface area contributed by atoms with E-state index in [0.29, 0.717) is 5.56 Å². The predicted octanol–water partition coefficient (Wildman–Crippen LogP) is 2.63. The molecule has 1 aliphatic rings. The number of ether oxygens (including phenoxy) is 1. The molecule has 1 aromatic carbocycles. The minimum absolute atomic E-state index is 0.0189. The zero-order chi connectivity index (χ0) is 22.1. The van der Waals surface area contributed by atoms with Crippen molar-refractivity contribution in [1.82, 2.24) is 25.0 Å². The lowest BCUT2D eigenvalue weighted by molar-refractivity contribution is 0.451. The van der Waals surface area contributed by atoms with E-state index in [4.69, 9.17) is 33.2 Å². The quantitative estimate of drug-likeness (QED) is 0.607. The molecular formula is C19H14Cl2N6O4. The summed E-state index contributed by atoms with van der Waals surface area (Å²) in [4.78, 5) is 37.8. The molecule has 0 saturated heterocycles. The molecule has 2 aromatic heterocycles. The molecule has 31 heavy (non-hydrogen) atoms. The van der Waals surface area contributed by atoms with E-state index in [0.717, 1.165) is 30.4 Å². The Labute approximate surface area is 184 Å². The highest BCUT2D eigenvalue weighted by Crippen LogP contribution is 2.36. The van der Waals surface area contributed by atoms with Gasteiger partial charge in [-0.05, 0) is 24.8 Å². The smallest absolute Gasteiger partial charge is 0.349 e. The molecule has 0 aliphatic heterocycles. The van der Waals surface area contributed by atoms with Crippen LogP contribution in [0.15, 0.2) is 32.6 Å². The first-order valence-corrected chi connectivity index (χ1v) is 10.0. The van der Waals surface area contributed by atoms with Crippen molar-refractivity contribution in [3.05, 3.63) is 70.7 Å². The number of nitrogens with zero attached hydrogens (tertiary/aromatic N) is 4. The number of aromatic nitrogens is 5. The molecule has 0 bridgehead atoms. The molecule has 0 amide bonds. The fourth-order valence-corrected chi connectivity index (χ4v) is 3.93. The van der Waals surface area contributed by atoms with E-state index in [-0.39, 0.29) is 38.8 Å². The van der Waals surface area contributed by atoms with Gasteiger partial charge >= 0.3 is 5.69 Å². The van der Waals surface area contributed by atoms with Crippen molar-refractivity contribution in [2.24, 2.45) is 0 Å². The van der Waals surface area contributed by atoms with Gasteiger partial charge in [0.15, 0.2) is 0 Å². The predicted molar refractivity (Wildman–Crippen MR) is 111 cm³/mol. The molecule has 1 fully saturated rings. The van der Waals surface area contributed by atoms with Crippen molar-refractivity contribution in [2.75, 3.05) is 0 Å². The van der Waals surface area contributed by atoms with Crippen LogP contribution in [0.4, 0.5) is 0 Å². The minimum Gasteiger partial charge on any atom is -0.436 e. The standard InChI is InChI=1S/C19H14Cl2N6O4/c20-11-7-15(31-16-5-10(17(28)25-24-16)9-3-1-2-4-9)12(21)6-14(11)27-19(30)23-18(29)13(8-22)26-27/h5-7,9H,1-4H2,(H,25,28)(H,23,29,30). The summed E-state index contributed by atoms with van der Waals surface area (Å²) in [5, 5.41) is 19.1. The summed E-state index contributed by atoms with van der Waals surface area (Å²) >= 11 is 12.6. The molecule has 1 saturated carbocycles. The first kappa shape index (κ1) is 20.8. The maximum absolute atomic E-state index is 12.1. The highest BCUT2D eigenvalue weighted by Gasteiger charge is 2.22. The number of halogens is 2. The van der Waals surface area contributed by atoms with Gasteiger partial charge in [0.25, 0.3) is 11.1 Å². The zero-order valence-electron chi connectivity index (χ0n) is 15.8. The van der Waals surface area contributed by atoms with Crippen LogP contribution in [0, 0.1) is 11.3 Å². The second-order valence-electron chi connectivity index (χ2n) is 6.94. The van der Waals surface area contributed by atoms with Crippen molar-refractivity contribution >= 4 is 23.2 Å². The van der Waals surface area contributed by atoms with Crippen LogP contribution in [0.2, 0.25) is 10.0 Å². The third-order valence-electron chi connectivity index (χ3n) is 4.98. The Morgan fingerprint density at radius 3 is 2.55 bits per heavy atom. The monoisotopic (exact) mass is 460 g/mol. The molecular weight excluding hydrogens is 447 g/mol. The second-order valence-corrected chi connectivity index (χ2v) is 7.75. The lowest BCUT2D eigenvalue weighted by Crippen LogP contribution is -2.33. The van der Waals surface area contributed by atoms with E-state index < -0.39 is 16.9 Å². The van der Waals surface area contributed by atoms with Gasteiger partial charge in [-0.2, -0.15) is 9.94 Å². The molecule has 1 aliphatic carbocycles. The number of benzene rings is 1. The summed E-state index contributed by atoms with van der Waals surface area (Å²) in [6, 6.07) is 5.82. The van der Waals surface area contributed by atoms with E-state index >= 15 is 0 Å². The average molecular weight is 461 g/mol. The zero-order valence-corrected chi connectivity index (χ0v) is 17.3. The number of nitrogens with one attached hydrogen (secondary N) is 2. The number of nitriles is 1. The molecule has 2 N–H and O–H groups in total. The van der Waals surface area contributed by atoms with E-state index in [1.54, 1.807) is 12.1 Å². The Morgan fingerprint density at radius 1 is 1.10 bits per heavy atom. The SMILES string of the molecule is N#Cc1nn(-c2cc(Cl)c(Oc3cc(C4CCCC4)c(=O)[nH]n3)cc2Cl)c(=O)[nH]c1=O. The third kappa shape index (κ3) is 4.10. The molecule has 4 rings (SSSR count). The first-order valence-electron chi connectivity index (χ1n) is 9.28. The molecule has 0 spiro atoms. The van der Waals surface area contributed by atoms with Crippen LogP contribution >= 0.6 is 23.2 Å². The summed E-state index contributed by atoms with van der Waals surface area (Å²) in [6.07, 6.45) is 3.99. The third-order valence-corrected chi connectivity index (χ3v) is 5.58. The van der Waals surface area contributed by atoms with Gasteiger partial charge in [-0.1, -0.05) is 36.0 Å². The summed E-state index contributed by atoms with van der Waals surface area (Å²) in [6.45, 7) is 0. The average Bonchev–Trinajstić information content (AvgIpc) is 3.27. The number of hydrogen-bond donors (Lipinski definition) is 2. The second kappa shape index (κ2) is 8.37. The fraction of sp³-hybridized carbons (Fsp3) is 0.263. The van der Waals surface area contributed by atoms with Gasteiger partial charge in [-0.15, -0.1) is 10.2 Å². The maximum atomic E-state index is 12.1. The van der Waals surface area contributed by atoms with Crippen LogP contribution in [-0.4, -0.2) is 25.0 Å². The van der Waals surface area contributed by atoms with Gasteiger partial charge in [-0.3, -0.25) is 14.6 Å². The minimum atomic E-state index is -0.909. The number of rotatable bonds is 4. The van der Waals surface area contributed by atoms with Crippen LogP contribution in [0.1, 0.15) is 42.9 Å². The molecule has 0 atom stereocenters. The topological polar surface area (TPSA) is 147 Å². The molecule has 0 radical (unpaired) electrons. The van der Waals surface area contributed by atoms with Gasteiger partial charge in [0.05, 0.1) is 15.7 Å². The molecule has 12 heteroatoms. The van der Waals surface area contributed by atoms with Gasteiger partial charge in [0, 0.05) is 17.7 Å². The van der Waals surface area contributed by atoms with Crippen molar-refractivity contribution < 1.29 is 4.74 Å². The Kier molecular flexibility index (Phi) is 5.63. The summed E-state index contributed by atoms with van der Waals surface area (Å²) < 4.78 is 6.47. The molecule has 158 valence electrons. The van der Waals surface area contributed by atoms with Crippen molar-refractivity contribution in [2.45, 2.75) is 31.6 Å². The summed E-state index contributed by atoms with van der Waals surface area (Å²) in [5.74, 6) is 0.423. The highest BCUT2D eigenvalue weighted by molar-refractivity contribution is 6.35. The van der Waals surface area contributed by atoms with Crippen LogP contribution < -0.4 is 21.5 Å². The van der Waals surface area contributed by atoms with Gasteiger partial charge in [0.1, 0.15) is 11.8 Å². The lowest BCUT2D eigenvalue weighted by Gasteiger charge is -2.13. The van der Waals surface area contributed by atoms with E-state index in [2.05, 4.69) is 15.3 Å². The van der Waals surface area contributed by atoms with E-state index in [1.807, 2.05) is 4.98 Å². The number of H-pyrrole nitrogens is 2. The number of hydrogen-bond acceptors (Lipinski definition) is 7. The van der Waals surface area contributed by atoms with Crippen molar-refractivity contribution in [3.63, 3.8) is 0 Å². The Bertz CT molecular complexity index is 1380. The first-order chi connectivity index (χ1) is 14.9. The molecule has 2 heterocycles. The molecule has 3 aromatic rings. The Hall–Kier alpha value is -3.42. The van der Waals surface area contributed by atoms with Gasteiger partial charge in [-0.25, -0.2) is 9.89 Å². The van der Waals surface area contributed by atoms with Crippen LogP contribution in [0.3, 0.4) is 0 Å².